The molecule has 4 heterocycles. The van der Waals surface area contributed by atoms with Crippen molar-refractivity contribution in [1.82, 2.24) is 19.9 Å². The van der Waals surface area contributed by atoms with Crippen LogP contribution in [0.5, 0.6) is 0 Å². The first kappa shape index (κ1) is 17.6. The normalized spacial score (nSPS) is 18.1. The molecule has 142 valence electrons. The van der Waals surface area contributed by atoms with Gasteiger partial charge in [0.05, 0.1) is 4.92 Å². The van der Waals surface area contributed by atoms with E-state index < -0.39 is 4.92 Å². The Hall–Kier alpha value is -2.84. The number of nitrogens with zero attached hydrogens (tertiary/aromatic N) is 7. The highest BCUT2D eigenvalue weighted by molar-refractivity contribution is 5.41. The number of piperidine rings is 1. The molecule has 0 amide bonds. The van der Waals surface area contributed by atoms with E-state index in [9.17, 15) is 10.1 Å². The van der Waals surface area contributed by atoms with E-state index in [1.54, 1.807) is 6.92 Å². The first-order valence-corrected chi connectivity index (χ1v) is 9.42. The molecule has 2 aliphatic heterocycles. The Kier molecular flexibility index (Phi) is 4.83. The predicted octanol–water partition coefficient (Wildman–Crippen LogP) is 2.47. The topological polar surface area (TPSA) is 101 Å². The summed E-state index contributed by atoms with van der Waals surface area (Å²) in [6.07, 6.45) is 7.46. The standard InChI is InChI=1S/C18H23N7O2/c1-13-15(25(26)27)12-20-18(21-13)24-10-5-14(6-11-24)17-19-7-4-16(22-17)23-8-2-3-9-23/h4,7,12,14H,2-3,5-6,8-11H2,1H3. The van der Waals surface area contributed by atoms with Crippen LogP contribution in [-0.2, 0) is 0 Å². The van der Waals surface area contributed by atoms with Crippen LogP contribution in [0.1, 0.15) is 43.1 Å². The number of anilines is 2. The van der Waals surface area contributed by atoms with Gasteiger partial charge in [-0.05, 0) is 38.7 Å². The molecule has 0 spiro atoms. The van der Waals surface area contributed by atoms with E-state index in [0.717, 1.165) is 50.7 Å². The molecule has 0 bridgehead atoms. The lowest BCUT2D eigenvalue weighted by molar-refractivity contribution is -0.386. The van der Waals surface area contributed by atoms with Crippen LogP contribution in [0.2, 0.25) is 0 Å². The molecule has 2 aromatic rings. The molecule has 0 radical (unpaired) electrons. The third-order valence-electron chi connectivity index (χ3n) is 5.37. The lowest BCUT2D eigenvalue weighted by Gasteiger charge is -2.31. The average molecular weight is 369 g/mol. The van der Waals surface area contributed by atoms with Gasteiger partial charge in [0.1, 0.15) is 23.5 Å². The highest BCUT2D eigenvalue weighted by atomic mass is 16.6. The Labute approximate surface area is 157 Å². The second-order valence-electron chi connectivity index (χ2n) is 7.13. The molecule has 0 N–H and O–H groups in total. The summed E-state index contributed by atoms with van der Waals surface area (Å²) in [5.74, 6) is 2.83. The molecule has 27 heavy (non-hydrogen) atoms. The summed E-state index contributed by atoms with van der Waals surface area (Å²) in [6.45, 7) is 5.38. The summed E-state index contributed by atoms with van der Waals surface area (Å²) < 4.78 is 0. The van der Waals surface area contributed by atoms with Crippen molar-refractivity contribution in [2.75, 3.05) is 36.0 Å². The van der Waals surface area contributed by atoms with Crippen LogP contribution in [0.4, 0.5) is 17.5 Å². The molecule has 0 aromatic carbocycles. The number of aromatic nitrogens is 4. The molecule has 0 atom stereocenters. The first-order valence-electron chi connectivity index (χ1n) is 9.42. The van der Waals surface area contributed by atoms with Crippen LogP contribution in [0, 0.1) is 17.0 Å². The summed E-state index contributed by atoms with van der Waals surface area (Å²) in [4.78, 5) is 32.7. The Morgan fingerprint density at radius 1 is 1.07 bits per heavy atom. The number of nitro groups is 1. The van der Waals surface area contributed by atoms with Crippen LogP contribution < -0.4 is 9.80 Å². The lowest BCUT2D eigenvalue weighted by atomic mass is 9.96. The quantitative estimate of drug-likeness (QED) is 0.598. The zero-order valence-electron chi connectivity index (χ0n) is 15.4. The monoisotopic (exact) mass is 369 g/mol. The molecule has 0 unspecified atom stereocenters. The fraction of sp³-hybridized carbons (Fsp3) is 0.556. The van der Waals surface area contributed by atoms with E-state index in [-0.39, 0.29) is 5.69 Å². The van der Waals surface area contributed by atoms with Gasteiger partial charge in [-0.1, -0.05) is 0 Å². The summed E-state index contributed by atoms with van der Waals surface area (Å²) in [5, 5.41) is 10.9. The van der Waals surface area contributed by atoms with Crippen molar-refractivity contribution in [3.63, 3.8) is 0 Å². The Balaban J connectivity index is 1.42. The van der Waals surface area contributed by atoms with E-state index in [4.69, 9.17) is 4.98 Å². The van der Waals surface area contributed by atoms with Gasteiger partial charge in [0.2, 0.25) is 5.95 Å². The van der Waals surface area contributed by atoms with E-state index in [1.165, 1.54) is 19.0 Å². The Bertz CT molecular complexity index is 830. The van der Waals surface area contributed by atoms with Crippen LogP contribution >= 0.6 is 0 Å². The van der Waals surface area contributed by atoms with Gasteiger partial charge >= 0.3 is 5.69 Å². The van der Waals surface area contributed by atoms with Gasteiger partial charge in [-0.15, -0.1) is 0 Å². The van der Waals surface area contributed by atoms with Gasteiger partial charge in [-0.3, -0.25) is 10.1 Å². The molecule has 2 fully saturated rings. The number of aryl methyl sites for hydroxylation is 1. The Morgan fingerprint density at radius 2 is 1.81 bits per heavy atom. The number of rotatable bonds is 4. The van der Waals surface area contributed by atoms with E-state index in [1.807, 2.05) is 12.3 Å². The second-order valence-corrected chi connectivity index (χ2v) is 7.13. The van der Waals surface area contributed by atoms with Crippen LogP contribution in [0.25, 0.3) is 0 Å². The molecule has 4 rings (SSSR count). The van der Waals surface area contributed by atoms with E-state index >= 15 is 0 Å². The number of hydrogen-bond donors (Lipinski definition) is 0. The zero-order valence-corrected chi connectivity index (χ0v) is 15.4. The van der Waals surface area contributed by atoms with Crippen molar-refractivity contribution in [1.29, 1.82) is 0 Å². The van der Waals surface area contributed by atoms with Crippen LogP contribution in [0.3, 0.4) is 0 Å². The number of hydrogen-bond acceptors (Lipinski definition) is 8. The average Bonchev–Trinajstić information content (AvgIpc) is 3.23. The van der Waals surface area contributed by atoms with Gasteiger partial charge < -0.3 is 9.80 Å². The summed E-state index contributed by atoms with van der Waals surface area (Å²) >= 11 is 0. The largest absolute Gasteiger partial charge is 0.357 e. The van der Waals surface area contributed by atoms with E-state index in [2.05, 4.69) is 24.8 Å². The maximum Gasteiger partial charge on any atom is 0.308 e. The van der Waals surface area contributed by atoms with Gasteiger partial charge in [0, 0.05) is 38.3 Å². The third kappa shape index (κ3) is 3.67. The van der Waals surface area contributed by atoms with Gasteiger partial charge in [-0.25, -0.2) is 19.9 Å². The minimum absolute atomic E-state index is 0.0410. The van der Waals surface area contributed by atoms with Crippen LogP contribution in [-0.4, -0.2) is 51.0 Å². The van der Waals surface area contributed by atoms with Crippen molar-refractivity contribution in [3.8, 4) is 0 Å². The molecule has 0 aliphatic carbocycles. The maximum absolute atomic E-state index is 10.9. The molecular weight excluding hydrogens is 346 g/mol. The second kappa shape index (κ2) is 7.42. The first-order chi connectivity index (χ1) is 13.1. The van der Waals surface area contributed by atoms with Gasteiger partial charge in [0.25, 0.3) is 0 Å². The van der Waals surface area contributed by atoms with Crippen LogP contribution in [0.15, 0.2) is 18.5 Å². The van der Waals surface area contributed by atoms with Gasteiger partial charge in [-0.2, -0.15) is 0 Å². The molecule has 9 nitrogen and oxygen atoms in total. The predicted molar refractivity (Wildman–Crippen MR) is 101 cm³/mol. The van der Waals surface area contributed by atoms with E-state index in [0.29, 0.717) is 17.6 Å². The minimum Gasteiger partial charge on any atom is -0.357 e. The summed E-state index contributed by atoms with van der Waals surface area (Å²) in [6, 6.07) is 2.00. The van der Waals surface area contributed by atoms with Crippen molar-refractivity contribution in [2.45, 2.75) is 38.5 Å². The molecular formula is C18H23N7O2. The van der Waals surface area contributed by atoms with Crippen molar-refractivity contribution >= 4 is 17.5 Å². The fourth-order valence-corrected chi connectivity index (χ4v) is 3.80. The fourth-order valence-electron chi connectivity index (χ4n) is 3.80. The third-order valence-corrected chi connectivity index (χ3v) is 5.37. The minimum atomic E-state index is -0.448. The summed E-state index contributed by atoms with van der Waals surface area (Å²) in [7, 11) is 0. The van der Waals surface area contributed by atoms with Crippen molar-refractivity contribution in [3.05, 3.63) is 40.1 Å². The zero-order chi connectivity index (χ0) is 18.8. The molecule has 2 aromatic heterocycles. The molecule has 2 aliphatic rings. The highest BCUT2D eigenvalue weighted by Crippen LogP contribution is 2.29. The highest BCUT2D eigenvalue weighted by Gasteiger charge is 2.26. The smallest absolute Gasteiger partial charge is 0.308 e. The maximum atomic E-state index is 10.9. The Morgan fingerprint density at radius 3 is 2.48 bits per heavy atom. The molecule has 2 saturated heterocycles. The van der Waals surface area contributed by atoms with Gasteiger partial charge in [0.15, 0.2) is 0 Å². The summed E-state index contributed by atoms with van der Waals surface area (Å²) in [5.41, 5.74) is 0.356. The van der Waals surface area contributed by atoms with Crippen molar-refractivity contribution in [2.24, 2.45) is 0 Å². The lowest BCUT2D eigenvalue weighted by Crippen LogP contribution is -2.35. The molecule has 9 heteroatoms. The molecule has 0 saturated carbocycles. The van der Waals surface area contributed by atoms with Crippen molar-refractivity contribution < 1.29 is 4.92 Å². The SMILES string of the molecule is Cc1nc(N2CCC(c3nccc(N4CCCC4)n3)CC2)ncc1[N+](=O)[O-].